The van der Waals surface area contributed by atoms with Crippen LogP contribution in [0.4, 0.5) is 10.1 Å². The molecule has 2 aliphatic heterocycles. The van der Waals surface area contributed by atoms with Gasteiger partial charge in [-0.3, -0.25) is 14.5 Å². The highest BCUT2D eigenvalue weighted by Crippen LogP contribution is 2.29. The van der Waals surface area contributed by atoms with Gasteiger partial charge in [0, 0.05) is 38.3 Å². The Morgan fingerprint density at radius 1 is 1.16 bits per heavy atom. The number of rotatable bonds is 7. The Labute approximate surface area is 188 Å². The lowest BCUT2D eigenvalue weighted by Gasteiger charge is -2.35. The molecule has 7 heteroatoms. The van der Waals surface area contributed by atoms with Gasteiger partial charge in [0.1, 0.15) is 5.82 Å². The molecular weight excluding hydrogens is 409 g/mol. The average Bonchev–Trinajstić information content (AvgIpc) is 3.22. The first kappa shape index (κ1) is 22.4. The summed E-state index contributed by atoms with van der Waals surface area (Å²) in [5.74, 6) is -0.800. The number of hydrogen-bond acceptors (Lipinski definition) is 4. The van der Waals surface area contributed by atoms with E-state index in [2.05, 4.69) is 17.1 Å². The minimum atomic E-state index is -0.383. The van der Waals surface area contributed by atoms with Crippen molar-refractivity contribution in [3.63, 3.8) is 0 Å². The van der Waals surface area contributed by atoms with E-state index >= 15 is 0 Å². The molecule has 6 nitrogen and oxygen atoms in total. The number of anilines is 1. The number of nitrogens with zero attached hydrogens (tertiary/aromatic N) is 2. The van der Waals surface area contributed by atoms with Crippen LogP contribution in [0, 0.1) is 11.7 Å². The number of hydrogen-bond donors (Lipinski definition) is 1. The molecule has 0 saturated carbocycles. The van der Waals surface area contributed by atoms with Crippen LogP contribution >= 0.6 is 0 Å². The molecule has 2 fully saturated rings. The van der Waals surface area contributed by atoms with Gasteiger partial charge in [0.15, 0.2) is 0 Å². The molecule has 2 unspecified atom stereocenters. The third-order valence-corrected chi connectivity index (χ3v) is 6.37. The summed E-state index contributed by atoms with van der Waals surface area (Å²) in [5, 5.41) is 3.06. The van der Waals surface area contributed by atoms with Crippen LogP contribution in [0.3, 0.4) is 0 Å². The summed E-state index contributed by atoms with van der Waals surface area (Å²) >= 11 is 0. The van der Waals surface area contributed by atoms with Crippen LogP contribution in [-0.2, 0) is 20.7 Å². The van der Waals surface area contributed by atoms with Crippen LogP contribution < -0.4 is 10.2 Å². The van der Waals surface area contributed by atoms with Crippen LogP contribution in [0.5, 0.6) is 0 Å². The molecule has 0 radical (unpaired) electrons. The molecule has 170 valence electrons. The minimum Gasteiger partial charge on any atom is -0.379 e. The number of benzene rings is 2. The molecule has 32 heavy (non-hydrogen) atoms. The molecule has 2 heterocycles. The van der Waals surface area contributed by atoms with E-state index in [-0.39, 0.29) is 36.0 Å². The number of carbonyl (C=O) groups is 2. The van der Waals surface area contributed by atoms with Gasteiger partial charge in [0.2, 0.25) is 11.8 Å². The lowest BCUT2D eigenvalue weighted by atomic mass is 10.0. The van der Waals surface area contributed by atoms with Crippen LogP contribution in [0.15, 0.2) is 48.5 Å². The highest BCUT2D eigenvalue weighted by Gasteiger charge is 2.36. The summed E-state index contributed by atoms with van der Waals surface area (Å²) in [4.78, 5) is 29.7. The Hall–Kier alpha value is -2.77. The highest BCUT2D eigenvalue weighted by atomic mass is 19.1. The van der Waals surface area contributed by atoms with E-state index in [0.29, 0.717) is 26.3 Å². The zero-order valence-electron chi connectivity index (χ0n) is 18.4. The normalized spacial score (nSPS) is 20.4. The first-order chi connectivity index (χ1) is 15.6. The maximum atomic E-state index is 13.4. The van der Waals surface area contributed by atoms with Gasteiger partial charge in [-0.2, -0.15) is 0 Å². The third-order valence-electron chi connectivity index (χ3n) is 6.37. The van der Waals surface area contributed by atoms with Gasteiger partial charge >= 0.3 is 0 Å². The zero-order chi connectivity index (χ0) is 22.5. The molecule has 0 aromatic heterocycles. The van der Waals surface area contributed by atoms with Gasteiger partial charge in [0.05, 0.1) is 25.2 Å². The summed E-state index contributed by atoms with van der Waals surface area (Å²) in [5.41, 5.74) is 2.95. The Balaban J connectivity index is 1.43. The van der Waals surface area contributed by atoms with Crippen molar-refractivity contribution in [1.29, 1.82) is 0 Å². The summed E-state index contributed by atoms with van der Waals surface area (Å²) < 4.78 is 18.9. The Morgan fingerprint density at radius 3 is 2.59 bits per heavy atom. The van der Waals surface area contributed by atoms with Gasteiger partial charge in [-0.05, 0) is 35.7 Å². The molecule has 0 aliphatic carbocycles. The predicted molar refractivity (Wildman–Crippen MR) is 121 cm³/mol. The largest absolute Gasteiger partial charge is 0.379 e. The molecule has 2 saturated heterocycles. The monoisotopic (exact) mass is 439 g/mol. The summed E-state index contributed by atoms with van der Waals surface area (Å²) in [7, 11) is 0. The van der Waals surface area contributed by atoms with Crippen LogP contribution in [0.1, 0.15) is 30.5 Å². The molecule has 2 aliphatic rings. The number of ether oxygens (including phenoxy) is 1. The topological polar surface area (TPSA) is 61.9 Å². The molecule has 4 rings (SSSR count). The average molecular weight is 440 g/mol. The van der Waals surface area contributed by atoms with E-state index in [0.717, 1.165) is 36.3 Å². The van der Waals surface area contributed by atoms with Gasteiger partial charge < -0.3 is 15.0 Å². The fraction of sp³-hybridized carbons (Fsp3) is 0.440. The molecular formula is C25H30FN3O3. The predicted octanol–water partition coefficient (Wildman–Crippen LogP) is 2.93. The molecule has 2 atom stereocenters. The second kappa shape index (κ2) is 10.2. The van der Waals surface area contributed by atoms with E-state index < -0.39 is 0 Å². The van der Waals surface area contributed by atoms with Crippen molar-refractivity contribution >= 4 is 17.5 Å². The molecule has 2 aromatic carbocycles. The maximum absolute atomic E-state index is 13.4. The maximum Gasteiger partial charge on any atom is 0.227 e. The highest BCUT2D eigenvalue weighted by molar-refractivity contribution is 6.00. The minimum absolute atomic E-state index is 0.0192. The molecule has 2 amide bonds. The number of carbonyl (C=O) groups excluding carboxylic acids is 2. The second-order valence-electron chi connectivity index (χ2n) is 8.35. The number of para-hydroxylation sites is 1. The SMILES string of the molecule is CCc1ccccc1N1CC(C(=O)NCC(c2ccc(F)cc2)N2CCOCC2)CC1=O. The fourth-order valence-corrected chi connectivity index (χ4v) is 4.56. The van der Waals surface area contributed by atoms with E-state index in [9.17, 15) is 14.0 Å². The van der Waals surface area contributed by atoms with Gasteiger partial charge in [-0.15, -0.1) is 0 Å². The number of nitrogens with one attached hydrogen (secondary N) is 1. The molecule has 2 aromatic rings. The Bertz CT molecular complexity index is 944. The third kappa shape index (κ3) is 5.00. The summed E-state index contributed by atoms with van der Waals surface area (Å²) in [6, 6.07) is 14.2. The molecule has 1 N–H and O–H groups in total. The van der Waals surface area contributed by atoms with E-state index in [1.54, 1.807) is 17.0 Å². The van der Waals surface area contributed by atoms with Gasteiger partial charge in [-0.25, -0.2) is 4.39 Å². The van der Waals surface area contributed by atoms with Crippen molar-refractivity contribution in [2.45, 2.75) is 25.8 Å². The lowest BCUT2D eigenvalue weighted by molar-refractivity contribution is -0.126. The number of halogens is 1. The van der Waals surface area contributed by atoms with Crippen LogP contribution in [0.25, 0.3) is 0 Å². The summed E-state index contributed by atoms with van der Waals surface area (Å²) in [6.07, 6.45) is 1.04. The van der Waals surface area contributed by atoms with E-state index in [1.807, 2.05) is 24.3 Å². The smallest absolute Gasteiger partial charge is 0.227 e. The van der Waals surface area contributed by atoms with Gasteiger partial charge in [-0.1, -0.05) is 37.3 Å². The van der Waals surface area contributed by atoms with Crippen molar-refractivity contribution in [3.05, 3.63) is 65.5 Å². The van der Waals surface area contributed by atoms with E-state index in [4.69, 9.17) is 4.74 Å². The van der Waals surface area contributed by atoms with Gasteiger partial charge in [0.25, 0.3) is 0 Å². The second-order valence-corrected chi connectivity index (χ2v) is 8.35. The van der Waals surface area contributed by atoms with Crippen molar-refractivity contribution in [2.75, 3.05) is 44.3 Å². The number of aryl methyl sites for hydroxylation is 1. The molecule has 0 bridgehead atoms. The zero-order valence-corrected chi connectivity index (χ0v) is 18.4. The van der Waals surface area contributed by atoms with Crippen molar-refractivity contribution in [3.8, 4) is 0 Å². The lowest BCUT2D eigenvalue weighted by Crippen LogP contribution is -2.45. The first-order valence-corrected chi connectivity index (χ1v) is 11.3. The Morgan fingerprint density at radius 2 is 1.88 bits per heavy atom. The van der Waals surface area contributed by atoms with E-state index in [1.165, 1.54) is 12.1 Å². The summed E-state index contributed by atoms with van der Waals surface area (Å²) in [6.45, 7) is 5.62. The quantitative estimate of drug-likeness (QED) is 0.721. The standard InChI is InChI=1S/C25H30FN3O3/c1-2-18-5-3-4-6-22(18)29-17-20(15-24(29)30)25(31)27-16-23(28-11-13-32-14-12-28)19-7-9-21(26)10-8-19/h3-10,20,23H,2,11-17H2,1H3,(H,27,31). The number of morpholine rings is 1. The van der Waals surface area contributed by atoms with Crippen molar-refractivity contribution in [1.82, 2.24) is 10.2 Å². The molecule has 0 spiro atoms. The number of amides is 2. The Kier molecular flexibility index (Phi) is 7.17. The van der Waals surface area contributed by atoms with Crippen molar-refractivity contribution < 1.29 is 18.7 Å². The first-order valence-electron chi connectivity index (χ1n) is 11.3. The fourth-order valence-electron chi connectivity index (χ4n) is 4.56. The van der Waals surface area contributed by atoms with Crippen LogP contribution in [-0.4, -0.2) is 56.1 Å². The van der Waals surface area contributed by atoms with Crippen molar-refractivity contribution in [2.24, 2.45) is 5.92 Å². The van der Waals surface area contributed by atoms with Crippen LogP contribution in [0.2, 0.25) is 0 Å².